The second kappa shape index (κ2) is 3.60. The molecule has 0 atom stereocenters. The molecule has 0 spiro atoms. The van der Waals surface area contributed by atoms with Gasteiger partial charge in [-0.1, -0.05) is 25.1 Å². The first-order valence-electron chi connectivity index (χ1n) is 4.78. The van der Waals surface area contributed by atoms with Gasteiger partial charge in [0.25, 0.3) is 0 Å². The Hall–Kier alpha value is -1.31. The molecule has 0 bridgehead atoms. The van der Waals surface area contributed by atoms with Crippen LogP contribution in [0, 0.1) is 0 Å². The molecule has 0 radical (unpaired) electrons. The van der Waals surface area contributed by atoms with Crippen molar-refractivity contribution in [1.29, 1.82) is 0 Å². The Labute approximate surface area is 78.7 Å². The summed E-state index contributed by atoms with van der Waals surface area (Å²) in [6.45, 7) is 3.00. The van der Waals surface area contributed by atoms with Crippen molar-refractivity contribution in [3.8, 4) is 0 Å². The van der Waals surface area contributed by atoms with Gasteiger partial charge in [-0.25, -0.2) is 0 Å². The number of anilines is 1. The highest BCUT2D eigenvalue weighted by molar-refractivity contribution is 5.97. The van der Waals surface area contributed by atoms with Gasteiger partial charge < -0.3 is 5.32 Å². The summed E-state index contributed by atoms with van der Waals surface area (Å²) in [6, 6.07) is 8.34. The summed E-state index contributed by atoms with van der Waals surface area (Å²) in [7, 11) is 0. The predicted molar refractivity (Wildman–Crippen MR) is 56.1 cm³/mol. The van der Waals surface area contributed by atoms with Crippen molar-refractivity contribution < 1.29 is 0 Å². The Morgan fingerprint density at radius 1 is 1.38 bits per heavy atom. The van der Waals surface area contributed by atoms with Crippen molar-refractivity contribution >= 4 is 11.5 Å². The monoisotopic (exact) mass is 174 g/mol. The van der Waals surface area contributed by atoms with E-state index in [2.05, 4.69) is 41.5 Å². The normalized spacial score (nSPS) is 14.4. The van der Waals surface area contributed by atoms with Crippen molar-refractivity contribution in [2.24, 2.45) is 4.99 Å². The zero-order valence-electron chi connectivity index (χ0n) is 7.88. The lowest BCUT2D eigenvalue weighted by Gasteiger charge is -2.17. The molecular formula is C11H14N2. The van der Waals surface area contributed by atoms with Crippen LogP contribution in [0.4, 0.5) is 5.69 Å². The first-order chi connectivity index (χ1) is 6.40. The van der Waals surface area contributed by atoms with Gasteiger partial charge in [-0.05, 0) is 18.1 Å². The smallest absolute Gasteiger partial charge is 0.101 e. The summed E-state index contributed by atoms with van der Waals surface area (Å²) in [5, 5.41) is 3.35. The molecule has 1 aromatic rings. The Kier molecular flexibility index (Phi) is 2.30. The maximum Gasteiger partial charge on any atom is 0.101 e. The average molecular weight is 174 g/mol. The molecule has 0 aliphatic carbocycles. The molecule has 2 heteroatoms. The zero-order valence-corrected chi connectivity index (χ0v) is 7.88. The first-order valence-corrected chi connectivity index (χ1v) is 4.78. The lowest BCUT2D eigenvalue weighted by atomic mass is 10.1. The van der Waals surface area contributed by atoms with Crippen LogP contribution in [0.25, 0.3) is 0 Å². The fourth-order valence-electron chi connectivity index (χ4n) is 1.53. The molecule has 0 amide bonds. The van der Waals surface area contributed by atoms with Gasteiger partial charge in [0.15, 0.2) is 0 Å². The van der Waals surface area contributed by atoms with Crippen molar-refractivity contribution in [3.63, 3.8) is 0 Å². The van der Waals surface area contributed by atoms with E-state index in [1.54, 1.807) is 0 Å². The van der Waals surface area contributed by atoms with E-state index in [9.17, 15) is 0 Å². The molecule has 1 N–H and O–H groups in total. The van der Waals surface area contributed by atoms with Gasteiger partial charge in [0.2, 0.25) is 0 Å². The second-order valence-corrected chi connectivity index (χ2v) is 3.30. The van der Waals surface area contributed by atoms with Crippen LogP contribution in [0.5, 0.6) is 0 Å². The van der Waals surface area contributed by atoms with Crippen LogP contribution in [0.15, 0.2) is 29.3 Å². The van der Waals surface area contributed by atoms with Crippen LogP contribution < -0.4 is 5.32 Å². The number of nitrogens with one attached hydrogen (secondary N) is 1. The number of nitrogens with zero attached hydrogens (tertiary/aromatic N) is 1. The molecule has 0 fully saturated rings. The Morgan fingerprint density at radius 3 is 3.08 bits per heavy atom. The number of benzene rings is 1. The summed E-state index contributed by atoms with van der Waals surface area (Å²) in [4.78, 5) is 4.47. The van der Waals surface area contributed by atoms with Gasteiger partial charge in [0.1, 0.15) is 5.84 Å². The van der Waals surface area contributed by atoms with Gasteiger partial charge >= 0.3 is 0 Å². The highest BCUT2D eigenvalue weighted by atomic mass is 15.0. The third-order valence-electron chi connectivity index (χ3n) is 2.22. The van der Waals surface area contributed by atoms with Gasteiger partial charge in [0.05, 0.1) is 6.54 Å². The fraction of sp³-hybridized carbons (Fsp3) is 0.364. The number of rotatable bonds is 2. The summed E-state index contributed by atoms with van der Waals surface area (Å²) in [5.41, 5.74) is 2.52. The topological polar surface area (TPSA) is 24.4 Å². The molecule has 2 nitrogen and oxygen atoms in total. The van der Waals surface area contributed by atoms with Crippen LogP contribution in [0.3, 0.4) is 0 Å². The first kappa shape index (κ1) is 8.30. The average Bonchev–Trinajstić information content (AvgIpc) is 2.18. The van der Waals surface area contributed by atoms with Gasteiger partial charge in [-0.15, -0.1) is 0 Å². The third-order valence-corrected chi connectivity index (χ3v) is 2.22. The van der Waals surface area contributed by atoms with E-state index in [4.69, 9.17) is 0 Å². The number of hydrogen-bond donors (Lipinski definition) is 1. The summed E-state index contributed by atoms with van der Waals surface area (Å²) in [5.74, 6) is 1.13. The summed E-state index contributed by atoms with van der Waals surface area (Å²) in [6.07, 6.45) is 2.20. The number of para-hydroxylation sites is 1. The molecule has 0 unspecified atom stereocenters. The number of hydrogen-bond acceptors (Lipinski definition) is 2. The molecule has 2 rings (SSSR count). The minimum Gasteiger partial charge on any atom is -0.344 e. The molecule has 0 saturated carbocycles. The van der Waals surface area contributed by atoms with E-state index in [-0.39, 0.29) is 0 Å². The zero-order chi connectivity index (χ0) is 9.10. The molecule has 68 valence electrons. The summed E-state index contributed by atoms with van der Waals surface area (Å²) < 4.78 is 0. The molecule has 13 heavy (non-hydrogen) atoms. The standard InChI is InChI=1S/C11H14N2/c1-2-5-11-12-8-9-6-3-4-7-10(9)13-11/h3-4,6-7H,2,5,8H2,1H3,(H,12,13). The van der Waals surface area contributed by atoms with Gasteiger partial charge in [-0.3, -0.25) is 4.99 Å². The van der Waals surface area contributed by atoms with Gasteiger partial charge in [-0.2, -0.15) is 0 Å². The quantitative estimate of drug-likeness (QED) is 0.732. The minimum atomic E-state index is 0.832. The van der Waals surface area contributed by atoms with Crippen molar-refractivity contribution in [3.05, 3.63) is 29.8 Å². The lowest BCUT2D eigenvalue weighted by Crippen LogP contribution is -2.17. The van der Waals surface area contributed by atoms with Crippen LogP contribution in [0.2, 0.25) is 0 Å². The van der Waals surface area contributed by atoms with Crippen LogP contribution in [-0.2, 0) is 6.54 Å². The van der Waals surface area contributed by atoms with E-state index in [1.807, 2.05) is 0 Å². The van der Waals surface area contributed by atoms with E-state index in [0.29, 0.717) is 0 Å². The fourth-order valence-corrected chi connectivity index (χ4v) is 1.53. The maximum atomic E-state index is 4.47. The SMILES string of the molecule is CCCC1=NCc2ccccc2N1. The third kappa shape index (κ3) is 1.72. The molecular weight excluding hydrogens is 160 g/mol. The highest BCUT2D eigenvalue weighted by Gasteiger charge is 2.08. The highest BCUT2D eigenvalue weighted by Crippen LogP contribution is 2.20. The van der Waals surface area contributed by atoms with Crippen LogP contribution in [-0.4, -0.2) is 5.84 Å². The van der Waals surface area contributed by atoms with E-state index in [0.717, 1.165) is 25.2 Å². The molecule has 1 aliphatic rings. The van der Waals surface area contributed by atoms with Crippen LogP contribution in [0.1, 0.15) is 25.3 Å². The maximum absolute atomic E-state index is 4.47. The van der Waals surface area contributed by atoms with E-state index < -0.39 is 0 Å². The van der Waals surface area contributed by atoms with Crippen molar-refractivity contribution in [2.45, 2.75) is 26.3 Å². The largest absolute Gasteiger partial charge is 0.344 e. The molecule has 1 aliphatic heterocycles. The minimum absolute atomic E-state index is 0.832. The Balaban J connectivity index is 2.18. The number of fused-ring (bicyclic) bond motifs is 1. The predicted octanol–water partition coefficient (Wildman–Crippen LogP) is 2.81. The lowest BCUT2D eigenvalue weighted by molar-refractivity contribution is 0.949. The molecule has 1 heterocycles. The number of aliphatic imine (C=N–C) groups is 1. The Morgan fingerprint density at radius 2 is 2.23 bits per heavy atom. The summed E-state index contributed by atoms with van der Waals surface area (Å²) >= 11 is 0. The molecule has 0 aromatic heterocycles. The van der Waals surface area contributed by atoms with Crippen LogP contribution >= 0.6 is 0 Å². The second-order valence-electron chi connectivity index (χ2n) is 3.30. The molecule has 1 aromatic carbocycles. The van der Waals surface area contributed by atoms with Crippen molar-refractivity contribution in [1.82, 2.24) is 0 Å². The van der Waals surface area contributed by atoms with E-state index >= 15 is 0 Å². The number of amidine groups is 1. The Bertz CT molecular complexity index is 329. The van der Waals surface area contributed by atoms with E-state index in [1.165, 1.54) is 11.3 Å². The van der Waals surface area contributed by atoms with Gasteiger partial charge in [0, 0.05) is 12.1 Å². The van der Waals surface area contributed by atoms with Crippen molar-refractivity contribution in [2.75, 3.05) is 5.32 Å². The molecule has 0 saturated heterocycles.